The first-order chi connectivity index (χ1) is 10.0. The summed E-state index contributed by atoms with van der Waals surface area (Å²) in [4.78, 5) is 27.5. The molecule has 2 heterocycles. The van der Waals surface area contributed by atoms with Crippen molar-refractivity contribution in [3.05, 3.63) is 35.7 Å². The van der Waals surface area contributed by atoms with E-state index in [0.29, 0.717) is 0 Å². The lowest BCUT2D eigenvalue weighted by Gasteiger charge is -2.05. The van der Waals surface area contributed by atoms with Gasteiger partial charge in [0.15, 0.2) is 5.69 Å². The van der Waals surface area contributed by atoms with E-state index in [4.69, 9.17) is 4.74 Å². The van der Waals surface area contributed by atoms with E-state index in [1.807, 2.05) is 0 Å². The molecule has 8 nitrogen and oxygen atoms in total. The van der Waals surface area contributed by atoms with Crippen LogP contribution in [0.3, 0.4) is 0 Å². The SMILES string of the molecule is COC(=O)c1cccc(NC(=O)c2cn(C)nc2OC)n1. The molecule has 0 aromatic carbocycles. The van der Waals surface area contributed by atoms with Gasteiger partial charge in [0.25, 0.3) is 5.91 Å². The maximum Gasteiger partial charge on any atom is 0.356 e. The number of aromatic nitrogens is 3. The third kappa shape index (κ3) is 3.16. The number of esters is 1. The van der Waals surface area contributed by atoms with E-state index >= 15 is 0 Å². The Bertz CT molecular complexity index is 681. The number of carbonyl (C=O) groups is 2. The largest absolute Gasteiger partial charge is 0.479 e. The number of carbonyl (C=O) groups excluding carboxylic acids is 2. The molecular formula is C13H14N4O4. The highest BCUT2D eigenvalue weighted by molar-refractivity contribution is 6.05. The molecule has 0 atom stereocenters. The number of pyridine rings is 1. The summed E-state index contributed by atoms with van der Waals surface area (Å²) in [5.41, 5.74) is 0.374. The topological polar surface area (TPSA) is 95.3 Å². The standard InChI is InChI=1S/C13H14N4O4/c1-17-7-8(12(16-17)20-2)11(18)15-10-6-4-5-9(14-10)13(19)21-3/h4-7H,1-3H3,(H,14,15,18). The van der Waals surface area contributed by atoms with Crippen molar-refractivity contribution in [2.45, 2.75) is 0 Å². The van der Waals surface area contributed by atoms with Crippen LogP contribution in [-0.2, 0) is 11.8 Å². The predicted molar refractivity (Wildman–Crippen MR) is 73.3 cm³/mol. The third-order valence-corrected chi connectivity index (χ3v) is 2.62. The van der Waals surface area contributed by atoms with Gasteiger partial charge < -0.3 is 14.8 Å². The van der Waals surface area contributed by atoms with Gasteiger partial charge in [0.1, 0.15) is 11.4 Å². The monoisotopic (exact) mass is 290 g/mol. The Morgan fingerprint density at radius 3 is 2.71 bits per heavy atom. The van der Waals surface area contributed by atoms with Gasteiger partial charge in [-0.1, -0.05) is 6.07 Å². The molecule has 0 radical (unpaired) electrons. The molecule has 2 aromatic heterocycles. The first kappa shape index (κ1) is 14.5. The van der Waals surface area contributed by atoms with E-state index < -0.39 is 11.9 Å². The van der Waals surface area contributed by atoms with Crippen molar-refractivity contribution in [3.8, 4) is 5.88 Å². The highest BCUT2D eigenvalue weighted by atomic mass is 16.5. The van der Waals surface area contributed by atoms with Crippen LogP contribution >= 0.6 is 0 Å². The lowest BCUT2D eigenvalue weighted by Crippen LogP contribution is -2.14. The van der Waals surface area contributed by atoms with Gasteiger partial charge in [-0.15, -0.1) is 5.10 Å². The van der Waals surface area contributed by atoms with Crippen molar-refractivity contribution in [3.63, 3.8) is 0 Å². The maximum atomic E-state index is 12.2. The number of anilines is 1. The van der Waals surface area contributed by atoms with E-state index in [1.54, 1.807) is 19.2 Å². The molecule has 0 spiro atoms. The predicted octanol–water partition coefficient (Wildman–Crippen LogP) is 0.863. The van der Waals surface area contributed by atoms with Crippen LogP contribution in [-0.4, -0.2) is 40.9 Å². The summed E-state index contributed by atoms with van der Waals surface area (Å²) in [6, 6.07) is 4.65. The summed E-state index contributed by atoms with van der Waals surface area (Å²) in [6.45, 7) is 0. The van der Waals surface area contributed by atoms with E-state index in [9.17, 15) is 9.59 Å². The van der Waals surface area contributed by atoms with Crippen molar-refractivity contribution >= 4 is 17.7 Å². The van der Waals surface area contributed by atoms with Gasteiger partial charge in [-0.05, 0) is 12.1 Å². The van der Waals surface area contributed by atoms with Crippen LogP contribution in [0, 0.1) is 0 Å². The first-order valence-electron chi connectivity index (χ1n) is 5.99. The maximum absolute atomic E-state index is 12.2. The summed E-state index contributed by atoms with van der Waals surface area (Å²) in [7, 11) is 4.36. The van der Waals surface area contributed by atoms with Gasteiger partial charge in [-0.25, -0.2) is 9.78 Å². The number of hydrogen-bond donors (Lipinski definition) is 1. The van der Waals surface area contributed by atoms with E-state index in [1.165, 1.54) is 31.2 Å². The third-order valence-electron chi connectivity index (χ3n) is 2.62. The zero-order chi connectivity index (χ0) is 15.4. The number of methoxy groups -OCH3 is 2. The molecule has 1 N–H and O–H groups in total. The van der Waals surface area contributed by atoms with Crippen LogP contribution in [0.5, 0.6) is 5.88 Å². The number of nitrogens with one attached hydrogen (secondary N) is 1. The number of ether oxygens (including phenoxy) is 2. The molecule has 1 amide bonds. The highest BCUT2D eigenvalue weighted by Crippen LogP contribution is 2.16. The summed E-state index contributed by atoms with van der Waals surface area (Å²) in [5, 5.41) is 6.56. The molecule has 0 aliphatic heterocycles. The quantitative estimate of drug-likeness (QED) is 0.839. The number of hydrogen-bond acceptors (Lipinski definition) is 6. The smallest absolute Gasteiger partial charge is 0.356 e. The average Bonchev–Trinajstić information content (AvgIpc) is 2.88. The number of aryl methyl sites for hydroxylation is 1. The van der Waals surface area contributed by atoms with E-state index in [0.717, 1.165) is 0 Å². The fraction of sp³-hybridized carbons (Fsp3) is 0.231. The molecule has 0 saturated heterocycles. The molecule has 2 aromatic rings. The van der Waals surface area contributed by atoms with E-state index in [-0.39, 0.29) is 23.0 Å². The molecule has 0 fully saturated rings. The molecule has 0 unspecified atom stereocenters. The number of nitrogens with zero attached hydrogens (tertiary/aromatic N) is 3. The fourth-order valence-electron chi connectivity index (χ4n) is 1.68. The Kier molecular flexibility index (Phi) is 4.17. The average molecular weight is 290 g/mol. The minimum absolute atomic E-state index is 0.105. The van der Waals surface area contributed by atoms with Crippen molar-refractivity contribution in [1.82, 2.24) is 14.8 Å². The van der Waals surface area contributed by atoms with E-state index in [2.05, 4.69) is 20.1 Å². The Morgan fingerprint density at radius 1 is 1.29 bits per heavy atom. The molecular weight excluding hydrogens is 276 g/mol. The summed E-state index contributed by atoms with van der Waals surface area (Å²) in [6.07, 6.45) is 1.53. The molecule has 0 bridgehead atoms. The molecule has 0 saturated carbocycles. The van der Waals surface area contributed by atoms with Crippen LogP contribution in [0.4, 0.5) is 5.82 Å². The lowest BCUT2D eigenvalue weighted by molar-refractivity contribution is 0.0594. The molecule has 21 heavy (non-hydrogen) atoms. The lowest BCUT2D eigenvalue weighted by atomic mass is 10.3. The summed E-state index contributed by atoms with van der Waals surface area (Å²) < 4.78 is 11.1. The van der Waals surface area contributed by atoms with Crippen LogP contribution < -0.4 is 10.1 Å². The second-order valence-corrected chi connectivity index (χ2v) is 4.08. The second kappa shape index (κ2) is 6.04. The van der Waals surface area contributed by atoms with Gasteiger partial charge in [0.2, 0.25) is 5.88 Å². The molecule has 2 rings (SSSR count). The van der Waals surface area contributed by atoms with Gasteiger partial charge in [-0.3, -0.25) is 9.48 Å². The Balaban J connectivity index is 2.21. The normalized spacial score (nSPS) is 10.0. The van der Waals surface area contributed by atoms with Gasteiger partial charge in [0.05, 0.1) is 14.2 Å². The Hall–Kier alpha value is -2.90. The minimum atomic E-state index is -0.579. The summed E-state index contributed by atoms with van der Waals surface area (Å²) >= 11 is 0. The Morgan fingerprint density at radius 2 is 2.05 bits per heavy atom. The van der Waals surface area contributed by atoms with Crippen molar-refractivity contribution in [1.29, 1.82) is 0 Å². The van der Waals surface area contributed by atoms with Crippen LogP contribution in [0.15, 0.2) is 24.4 Å². The van der Waals surface area contributed by atoms with Gasteiger partial charge in [0, 0.05) is 13.2 Å². The highest BCUT2D eigenvalue weighted by Gasteiger charge is 2.17. The van der Waals surface area contributed by atoms with Gasteiger partial charge in [-0.2, -0.15) is 0 Å². The molecule has 0 aliphatic carbocycles. The van der Waals surface area contributed by atoms with Crippen LogP contribution in [0.2, 0.25) is 0 Å². The van der Waals surface area contributed by atoms with Crippen molar-refractivity contribution in [2.24, 2.45) is 7.05 Å². The van der Waals surface area contributed by atoms with Crippen molar-refractivity contribution < 1.29 is 19.1 Å². The molecule has 0 aliphatic rings. The number of amides is 1. The van der Waals surface area contributed by atoms with Crippen LogP contribution in [0.1, 0.15) is 20.8 Å². The second-order valence-electron chi connectivity index (χ2n) is 4.08. The first-order valence-corrected chi connectivity index (χ1v) is 5.99. The fourth-order valence-corrected chi connectivity index (χ4v) is 1.68. The minimum Gasteiger partial charge on any atom is -0.479 e. The molecule has 8 heteroatoms. The molecule has 110 valence electrons. The van der Waals surface area contributed by atoms with Gasteiger partial charge >= 0.3 is 5.97 Å². The zero-order valence-electron chi connectivity index (χ0n) is 11.8. The number of rotatable bonds is 4. The van der Waals surface area contributed by atoms with Crippen LogP contribution in [0.25, 0.3) is 0 Å². The van der Waals surface area contributed by atoms with Crippen molar-refractivity contribution in [2.75, 3.05) is 19.5 Å². The summed E-state index contributed by atoms with van der Waals surface area (Å²) in [5.74, 6) is -0.576. The Labute approximate surface area is 120 Å². The zero-order valence-corrected chi connectivity index (χ0v) is 11.8.